The molecule has 25 heavy (non-hydrogen) atoms. The van der Waals surface area contributed by atoms with E-state index in [0.717, 1.165) is 17.7 Å². The molecule has 0 saturated heterocycles. The van der Waals surface area contributed by atoms with Gasteiger partial charge < -0.3 is 4.57 Å². The van der Waals surface area contributed by atoms with E-state index in [1.54, 1.807) is 0 Å². The summed E-state index contributed by atoms with van der Waals surface area (Å²) in [4.78, 5) is 4.58. The second-order valence-electron chi connectivity index (χ2n) is 6.31. The summed E-state index contributed by atoms with van der Waals surface area (Å²) in [5.74, 6) is 0. The van der Waals surface area contributed by atoms with Crippen molar-refractivity contribution in [3.05, 3.63) is 81.6 Å². The standard InChI is InChI=1S/C22H23ClN2/c1-5-18-10-8-9-15(2)22(18)25-16(3)13-19(17(25)4)14-24-21-12-7-6-11-20(21)23/h6-14H,5H2,1-4H3. The van der Waals surface area contributed by atoms with Gasteiger partial charge in [0.2, 0.25) is 0 Å². The minimum atomic E-state index is 0.666. The molecule has 128 valence electrons. The average Bonchev–Trinajstić information content (AvgIpc) is 2.88. The Morgan fingerprint density at radius 2 is 1.80 bits per heavy atom. The maximum Gasteiger partial charge on any atom is 0.0816 e. The first-order chi connectivity index (χ1) is 12.0. The third kappa shape index (κ3) is 3.40. The molecule has 3 heteroatoms. The molecule has 0 bridgehead atoms. The monoisotopic (exact) mass is 350 g/mol. The highest BCUT2D eigenvalue weighted by Gasteiger charge is 2.14. The Balaban J connectivity index is 2.07. The summed E-state index contributed by atoms with van der Waals surface area (Å²) in [6, 6.07) is 16.3. The van der Waals surface area contributed by atoms with Crippen molar-refractivity contribution in [3.8, 4) is 5.69 Å². The Bertz CT molecular complexity index is 935. The summed E-state index contributed by atoms with van der Waals surface area (Å²) in [6.07, 6.45) is 2.92. The lowest BCUT2D eigenvalue weighted by Crippen LogP contribution is -2.05. The predicted octanol–water partition coefficient (Wildman–Crippen LogP) is 6.37. The summed E-state index contributed by atoms with van der Waals surface area (Å²) in [5, 5.41) is 0.666. The van der Waals surface area contributed by atoms with Crippen molar-refractivity contribution in [3.63, 3.8) is 0 Å². The van der Waals surface area contributed by atoms with Crippen LogP contribution < -0.4 is 0 Å². The van der Waals surface area contributed by atoms with Gasteiger partial charge in [0.05, 0.1) is 16.4 Å². The number of halogens is 1. The van der Waals surface area contributed by atoms with Gasteiger partial charge in [-0.15, -0.1) is 0 Å². The molecule has 0 amide bonds. The molecule has 2 aromatic carbocycles. The van der Waals surface area contributed by atoms with Crippen LogP contribution in [0.15, 0.2) is 53.5 Å². The van der Waals surface area contributed by atoms with Crippen molar-refractivity contribution in [2.45, 2.75) is 34.1 Å². The van der Waals surface area contributed by atoms with Crippen LogP contribution in [0.3, 0.4) is 0 Å². The molecule has 0 unspecified atom stereocenters. The molecule has 3 aromatic rings. The molecule has 0 aliphatic heterocycles. The number of rotatable bonds is 4. The van der Waals surface area contributed by atoms with Gasteiger partial charge in [0.15, 0.2) is 0 Å². The lowest BCUT2D eigenvalue weighted by atomic mass is 10.1. The first-order valence-corrected chi connectivity index (χ1v) is 8.97. The van der Waals surface area contributed by atoms with E-state index in [1.807, 2.05) is 30.5 Å². The molecule has 0 atom stereocenters. The van der Waals surface area contributed by atoms with Crippen molar-refractivity contribution in [1.82, 2.24) is 4.57 Å². The van der Waals surface area contributed by atoms with Gasteiger partial charge in [0, 0.05) is 23.2 Å². The summed E-state index contributed by atoms with van der Waals surface area (Å²) in [7, 11) is 0. The number of benzene rings is 2. The van der Waals surface area contributed by atoms with Crippen LogP contribution in [0, 0.1) is 20.8 Å². The van der Waals surface area contributed by atoms with Crippen molar-refractivity contribution in [2.75, 3.05) is 0 Å². The topological polar surface area (TPSA) is 17.3 Å². The number of para-hydroxylation sites is 2. The number of hydrogen-bond acceptors (Lipinski definition) is 1. The average molecular weight is 351 g/mol. The minimum absolute atomic E-state index is 0.666. The number of aromatic nitrogens is 1. The molecule has 0 spiro atoms. The molecule has 0 N–H and O–H groups in total. The van der Waals surface area contributed by atoms with E-state index >= 15 is 0 Å². The highest BCUT2D eigenvalue weighted by atomic mass is 35.5. The quantitative estimate of drug-likeness (QED) is 0.486. The van der Waals surface area contributed by atoms with E-state index in [2.05, 4.69) is 61.5 Å². The van der Waals surface area contributed by atoms with Crippen LogP contribution in [-0.4, -0.2) is 10.8 Å². The lowest BCUT2D eigenvalue weighted by Gasteiger charge is -2.17. The van der Waals surface area contributed by atoms with Gasteiger partial charge in [-0.2, -0.15) is 0 Å². The molecule has 0 radical (unpaired) electrons. The molecule has 1 aromatic heterocycles. The lowest BCUT2D eigenvalue weighted by molar-refractivity contribution is 0.926. The van der Waals surface area contributed by atoms with Gasteiger partial charge in [-0.05, 0) is 56.5 Å². The first kappa shape index (κ1) is 17.5. The summed E-state index contributed by atoms with van der Waals surface area (Å²) < 4.78 is 2.34. The maximum atomic E-state index is 6.20. The van der Waals surface area contributed by atoms with Gasteiger partial charge in [0.1, 0.15) is 0 Å². The SMILES string of the molecule is CCc1cccc(C)c1-n1c(C)cc(C=Nc2ccccc2Cl)c1C. The summed E-state index contributed by atoms with van der Waals surface area (Å²) in [5.41, 5.74) is 8.24. The van der Waals surface area contributed by atoms with Crippen molar-refractivity contribution in [2.24, 2.45) is 4.99 Å². The maximum absolute atomic E-state index is 6.20. The van der Waals surface area contributed by atoms with Crippen LogP contribution >= 0.6 is 11.6 Å². The fraction of sp³-hybridized carbons (Fsp3) is 0.227. The number of aryl methyl sites for hydroxylation is 3. The number of aliphatic imine (C=N–C) groups is 1. The Labute approximate surface area is 154 Å². The van der Waals surface area contributed by atoms with E-state index < -0.39 is 0 Å². The van der Waals surface area contributed by atoms with Crippen LogP contribution in [0.2, 0.25) is 5.02 Å². The largest absolute Gasteiger partial charge is 0.317 e. The molecule has 0 aliphatic carbocycles. The molecule has 0 saturated carbocycles. The molecule has 0 aliphatic rings. The van der Waals surface area contributed by atoms with Crippen LogP contribution in [0.5, 0.6) is 0 Å². The van der Waals surface area contributed by atoms with E-state index in [-0.39, 0.29) is 0 Å². The summed E-state index contributed by atoms with van der Waals surface area (Å²) >= 11 is 6.20. The Kier molecular flexibility index (Phi) is 5.10. The van der Waals surface area contributed by atoms with Gasteiger partial charge in [0.25, 0.3) is 0 Å². The van der Waals surface area contributed by atoms with E-state index in [9.17, 15) is 0 Å². The third-order valence-electron chi connectivity index (χ3n) is 4.59. The zero-order chi connectivity index (χ0) is 18.0. The van der Waals surface area contributed by atoms with Gasteiger partial charge in [-0.3, -0.25) is 4.99 Å². The fourth-order valence-corrected chi connectivity index (χ4v) is 3.47. The van der Waals surface area contributed by atoms with Gasteiger partial charge in [-0.25, -0.2) is 0 Å². The molecular weight excluding hydrogens is 328 g/mol. The minimum Gasteiger partial charge on any atom is -0.317 e. The van der Waals surface area contributed by atoms with Gasteiger partial charge >= 0.3 is 0 Å². The van der Waals surface area contributed by atoms with Crippen LogP contribution in [0.1, 0.15) is 35.0 Å². The highest BCUT2D eigenvalue weighted by molar-refractivity contribution is 6.33. The van der Waals surface area contributed by atoms with Crippen LogP contribution in [0.25, 0.3) is 5.69 Å². The molecule has 0 fully saturated rings. The number of nitrogens with zero attached hydrogens (tertiary/aromatic N) is 2. The third-order valence-corrected chi connectivity index (χ3v) is 4.91. The van der Waals surface area contributed by atoms with E-state index in [4.69, 9.17) is 11.6 Å². The Morgan fingerprint density at radius 1 is 1.04 bits per heavy atom. The first-order valence-electron chi connectivity index (χ1n) is 8.59. The zero-order valence-electron chi connectivity index (χ0n) is 15.2. The van der Waals surface area contributed by atoms with Gasteiger partial charge in [-0.1, -0.05) is 48.9 Å². The molecule has 1 heterocycles. The van der Waals surface area contributed by atoms with Crippen molar-refractivity contribution in [1.29, 1.82) is 0 Å². The second-order valence-corrected chi connectivity index (χ2v) is 6.71. The second kappa shape index (κ2) is 7.28. The smallest absolute Gasteiger partial charge is 0.0816 e. The summed E-state index contributed by atoms with van der Waals surface area (Å²) in [6.45, 7) is 8.66. The Morgan fingerprint density at radius 3 is 2.52 bits per heavy atom. The zero-order valence-corrected chi connectivity index (χ0v) is 15.9. The number of hydrogen-bond donors (Lipinski definition) is 0. The predicted molar refractivity (Wildman–Crippen MR) is 108 cm³/mol. The van der Waals surface area contributed by atoms with E-state index in [1.165, 1.54) is 28.2 Å². The van der Waals surface area contributed by atoms with Crippen molar-refractivity contribution < 1.29 is 0 Å². The van der Waals surface area contributed by atoms with Crippen molar-refractivity contribution >= 4 is 23.5 Å². The normalized spacial score (nSPS) is 11.4. The fourth-order valence-electron chi connectivity index (χ4n) is 3.28. The van der Waals surface area contributed by atoms with Crippen LogP contribution in [-0.2, 0) is 6.42 Å². The molecule has 2 nitrogen and oxygen atoms in total. The highest BCUT2D eigenvalue weighted by Crippen LogP contribution is 2.27. The molecular formula is C22H23ClN2. The van der Waals surface area contributed by atoms with E-state index in [0.29, 0.717) is 5.02 Å². The molecule has 3 rings (SSSR count). The Hall–Kier alpha value is -2.32. The van der Waals surface area contributed by atoms with Crippen LogP contribution in [0.4, 0.5) is 5.69 Å².